The van der Waals surface area contributed by atoms with Crippen LogP contribution in [0.5, 0.6) is 0 Å². The summed E-state index contributed by atoms with van der Waals surface area (Å²) in [6, 6.07) is 14.0. The quantitative estimate of drug-likeness (QED) is 0.915. The molecule has 0 radical (unpaired) electrons. The van der Waals surface area contributed by atoms with Gasteiger partial charge in [0.1, 0.15) is 5.60 Å². The van der Waals surface area contributed by atoms with E-state index in [4.69, 9.17) is 0 Å². The van der Waals surface area contributed by atoms with Crippen LogP contribution in [-0.2, 0) is 5.60 Å². The maximum absolute atomic E-state index is 11.6. The molecular weight excluding hydrogens is 246 g/mol. The molecule has 2 nitrogen and oxygen atoms in total. The lowest BCUT2D eigenvalue weighted by Gasteiger charge is -2.39. The molecule has 1 fully saturated rings. The average molecular weight is 267 g/mol. The summed E-state index contributed by atoms with van der Waals surface area (Å²) in [5.74, 6) is 0.293. The second-order valence-corrected chi connectivity index (χ2v) is 5.70. The Balaban J connectivity index is 2.07. The highest BCUT2D eigenvalue weighted by Gasteiger charge is 2.40. The molecule has 0 spiro atoms. The van der Waals surface area contributed by atoms with E-state index in [0.29, 0.717) is 5.92 Å². The summed E-state index contributed by atoms with van der Waals surface area (Å²) in [5.41, 5.74) is 1.08. The number of pyridine rings is 1. The van der Waals surface area contributed by atoms with Gasteiger partial charge >= 0.3 is 0 Å². The molecule has 0 aliphatic heterocycles. The number of aliphatic hydroxyl groups is 1. The Hall–Kier alpha value is -1.67. The zero-order valence-corrected chi connectivity index (χ0v) is 11.7. The van der Waals surface area contributed by atoms with Gasteiger partial charge in [0.25, 0.3) is 0 Å². The van der Waals surface area contributed by atoms with Gasteiger partial charge in [-0.3, -0.25) is 4.98 Å². The lowest BCUT2D eigenvalue weighted by molar-refractivity contribution is -0.000781. The molecule has 1 unspecified atom stereocenters. The molecule has 104 valence electrons. The molecule has 1 atom stereocenters. The van der Waals surface area contributed by atoms with E-state index in [2.05, 4.69) is 4.98 Å². The first-order valence-electron chi connectivity index (χ1n) is 7.50. The summed E-state index contributed by atoms with van der Waals surface area (Å²) in [7, 11) is 0. The maximum atomic E-state index is 11.6. The molecular formula is C18H21NO. The number of benzene rings is 1. The third-order valence-corrected chi connectivity index (χ3v) is 4.53. The number of aromatic nitrogens is 1. The van der Waals surface area contributed by atoms with Crippen molar-refractivity contribution in [2.45, 2.75) is 37.7 Å². The minimum absolute atomic E-state index is 0.293. The monoisotopic (exact) mass is 267 g/mol. The fourth-order valence-electron chi connectivity index (χ4n) is 3.46. The molecule has 20 heavy (non-hydrogen) atoms. The number of hydrogen-bond donors (Lipinski definition) is 1. The molecule has 0 saturated heterocycles. The second kappa shape index (κ2) is 5.76. The van der Waals surface area contributed by atoms with Crippen LogP contribution in [0.15, 0.2) is 54.9 Å². The van der Waals surface area contributed by atoms with Gasteiger partial charge < -0.3 is 5.11 Å². The fourth-order valence-corrected chi connectivity index (χ4v) is 3.46. The Labute approximate surface area is 120 Å². The van der Waals surface area contributed by atoms with Crippen LogP contribution in [0.1, 0.15) is 43.2 Å². The van der Waals surface area contributed by atoms with Gasteiger partial charge in [0.05, 0.1) is 0 Å². The normalized spacial score (nSPS) is 19.4. The summed E-state index contributed by atoms with van der Waals surface area (Å²) in [4.78, 5) is 4.09. The Morgan fingerprint density at radius 3 is 2.10 bits per heavy atom. The van der Waals surface area contributed by atoms with E-state index >= 15 is 0 Å². The predicted octanol–water partition coefficient (Wildman–Crippen LogP) is 3.90. The first kappa shape index (κ1) is 13.3. The summed E-state index contributed by atoms with van der Waals surface area (Å²) in [6.07, 6.45) is 9.44. The molecule has 1 aromatic heterocycles. The van der Waals surface area contributed by atoms with Crippen molar-refractivity contribution in [1.82, 2.24) is 4.98 Å². The third-order valence-electron chi connectivity index (χ3n) is 4.53. The van der Waals surface area contributed by atoms with Gasteiger partial charge in [-0.2, -0.15) is 0 Å². The van der Waals surface area contributed by atoms with E-state index < -0.39 is 5.60 Å². The van der Waals surface area contributed by atoms with E-state index in [1.165, 1.54) is 19.3 Å². The molecule has 0 amide bonds. The standard InChI is InChI=1S/C18H21NO/c20-18(15-7-3-1-4-8-15,16-9-5-2-6-10-16)17-11-13-19-14-12-17/h1,3-4,7-8,11-14,16,20H,2,5-6,9-10H2. The topological polar surface area (TPSA) is 33.1 Å². The van der Waals surface area contributed by atoms with Gasteiger partial charge in [0, 0.05) is 12.4 Å². The van der Waals surface area contributed by atoms with Gasteiger partial charge in [-0.15, -0.1) is 0 Å². The highest BCUT2D eigenvalue weighted by Crippen LogP contribution is 2.43. The van der Waals surface area contributed by atoms with Crippen LogP contribution in [0, 0.1) is 5.92 Å². The van der Waals surface area contributed by atoms with Gasteiger partial charge in [0.2, 0.25) is 0 Å². The van der Waals surface area contributed by atoms with Crippen molar-refractivity contribution < 1.29 is 5.11 Å². The van der Waals surface area contributed by atoms with Crippen molar-refractivity contribution >= 4 is 0 Å². The third kappa shape index (κ3) is 2.36. The molecule has 1 aliphatic carbocycles. The van der Waals surface area contributed by atoms with Crippen LogP contribution in [-0.4, -0.2) is 10.1 Å². The molecule has 3 rings (SSSR count). The Morgan fingerprint density at radius 2 is 1.45 bits per heavy atom. The first-order valence-corrected chi connectivity index (χ1v) is 7.50. The molecule has 0 bridgehead atoms. The zero-order valence-electron chi connectivity index (χ0n) is 11.7. The number of rotatable bonds is 3. The molecule has 1 aromatic carbocycles. The van der Waals surface area contributed by atoms with Crippen LogP contribution in [0.4, 0.5) is 0 Å². The first-order chi connectivity index (χ1) is 9.82. The van der Waals surface area contributed by atoms with E-state index in [1.807, 2.05) is 42.5 Å². The van der Waals surface area contributed by atoms with Gasteiger partial charge in [-0.1, -0.05) is 49.6 Å². The van der Waals surface area contributed by atoms with E-state index in [1.54, 1.807) is 12.4 Å². The summed E-state index contributed by atoms with van der Waals surface area (Å²) in [5, 5.41) is 11.6. The molecule has 2 heteroatoms. The van der Waals surface area contributed by atoms with Crippen molar-refractivity contribution in [2.75, 3.05) is 0 Å². The van der Waals surface area contributed by atoms with Gasteiger partial charge in [-0.25, -0.2) is 0 Å². The molecule has 1 saturated carbocycles. The van der Waals surface area contributed by atoms with Crippen LogP contribution in [0.3, 0.4) is 0 Å². The van der Waals surface area contributed by atoms with Crippen molar-refractivity contribution in [1.29, 1.82) is 0 Å². The summed E-state index contributed by atoms with van der Waals surface area (Å²) >= 11 is 0. The number of hydrogen-bond acceptors (Lipinski definition) is 2. The van der Waals surface area contributed by atoms with E-state index in [-0.39, 0.29) is 0 Å². The summed E-state index contributed by atoms with van der Waals surface area (Å²) < 4.78 is 0. The fraction of sp³-hybridized carbons (Fsp3) is 0.389. The van der Waals surface area contributed by atoms with Crippen LogP contribution < -0.4 is 0 Å². The zero-order chi connectivity index (χ0) is 13.8. The maximum Gasteiger partial charge on any atom is 0.117 e. The minimum Gasteiger partial charge on any atom is -0.380 e. The van der Waals surface area contributed by atoms with Gasteiger partial charge in [0.15, 0.2) is 0 Å². The lowest BCUT2D eigenvalue weighted by Crippen LogP contribution is -2.37. The van der Waals surface area contributed by atoms with Crippen molar-refractivity contribution in [3.8, 4) is 0 Å². The SMILES string of the molecule is OC(c1ccccc1)(c1ccncc1)C1CCCCC1. The van der Waals surface area contributed by atoms with Crippen LogP contribution in [0.2, 0.25) is 0 Å². The predicted molar refractivity (Wildman–Crippen MR) is 80.3 cm³/mol. The van der Waals surface area contributed by atoms with E-state index in [0.717, 1.165) is 24.0 Å². The van der Waals surface area contributed by atoms with Crippen LogP contribution in [0.25, 0.3) is 0 Å². The highest BCUT2D eigenvalue weighted by atomic mass is 16.3. The highest BCUT2D eigenvalue weighted by molar-refractivity contribution is 5.36. The average Bonchev–Trinajstić information content (AvgIpc) is 2.56. The van der Waals surface area contributed by atoms with E-state index in [9.17, 15) is 5.11 Å². The molecule has 1 heterocycles. The molecule has 1 aliphatic rings. The second-order valence-electron chi connectivity index (χ2n) is 5.70. The largest absolute Gasteiger partial charge is 0.380 e. The van der Waals surface area contributed by atoms with Gasteiger partial charge in [-0.05, 0) is 42.0 Å². The minimum atomic E-state index is -0.884. The van der Waals surface area contributed by atoms with Crippen LogP contribution >= 0.6 is 0 Å². The Bertz CT molecular complexity index is 492. The Kier molecular flexibility index (Phi) is 3.83. The van der Waals surface area contributed by atoms with Crippen molar-refractivity contribution in [2.24, 2.45) is 5.92 Å². The lowest BCUT2D eigenvalue weighted by atomic mass is 9.70. The smallest absolute Gasteiger partial charge is 0.117 e. The molecule has 2 aromatic rings. The molecule has 1 N–H and O–H groups in total. The number of nitrogens with zero attached hydrogens (tertiary/aromatic N) is 1. The Morgan fingerprint density at radius 1 is 0.850 bits per heavy atom. The summed E-state index contributed by atoms with van der Waals surface area (Å²) in [6.45, 7) is 0. The van der Waals surface area contributed by atoms with Crippen molar-refractivity contribution in [3.05, 3.63) is 66.0 Å². The van der Waals surface area contributed by atoms with Crippen molar-refractivity contribution in [3.63, 3.8) is 0 Å².